The first-order chi connectivity index (χ1) is 11.2. The third-order valence-electron chi connectivity index (χ3n) is 4.43. The number of amides is 1. The molecule has 6 nitrogen and oxygen atoms in total. The second kappa shape index (κ2) is 5.45. The van der Waals surface area contributed by atoms with Crippen LogP contribution in [0.15, 0.2) is 24.3 Å². The van der Waals surface area contributed by atoms with Gasteiger partial charge in [-0.1, -0.05) is 12.1 Å². The van der Waals surface area contributed by atoms with E-state index in [0.29, 0.717) is 5.56 Å². The lowest BCUT2D eigenvalue weighted by molar-refractivity contribution is -0.166. The van der Waals surface area contributed by atoms with E-state index in [4.69, 9.17) is 14.7 Å². The Kier molecular flexibility index (Phi) is 3.80. The number of carboxylic acid groups (broad SMARTS) is 1. The Labute approximate surface area is 134 Å². The molecule has 0 spiro atoms. The molecule has 0 unspecified atom stereocenters. The number of alkyl halides is 3. The highest BCUT2D eigenvalue weighted by Crippen LogP contribution is 2.58. The van der Waals surface area contributed by atoms with E-state index in [1.165, 1.54) is 12.1 Å². The largest absolute Gasteiger partial charge is 0.481 e. The fourth-order valence-corrected chi connectivity index (χ4v) is 3.03. The van der Waals surface area contributed by atoms with Gasteiger partial charge in [0, 0.05) is 12.8 Å². The SMILES string of the molecule is O=C(O)C12COC(C(=O)NOCc3ccc(C(F)(F)F)cc3)(C1)C2. The van der Waals surface area contributed by atoms with E-state index in [2.05, 4.69) is 5.48 Å². The minimum Gasteiger partial charge on any atom is -0.481 e. The van der Waals surface area contributed by atoms with Crippen LogP contribution in [0.25, 0.3) is 0 Å². The number of fused-ring (bicyclic) bond motifs is 1. The molecule has 3 aliphatic rings. The molecule has 2 aliphatic heterocycles. The summed E-state index contributed by atoms with van der Waals surface area (Å²) in [4.78, 5) is 28.1. The number of rotatable bonds is 5. The van der Waals surface area contributed by atoms with E-state index in [0.717, 1.165) is 12.1 Å². The van der Waals surface area contributed by atoms with E-state index in [9.17, 15) is 22.8 Å². The molecule has 0 aromatic heterocycles. The van der Waals surface area contributed by atoms with Crippen molar-refractivity contribution in [1.29, 1.82) is 0 Å². The summed E-state index contributed by atoms with van der Waals surface area (Å²) in [5.74, 6) is -1.57. The predicted octanol–water partition coefficient (Wildman–Crippen LogP) is 1.89. The molecule has 0 atom stereocenters. The van der Waals surface area contributed by atoms with Gasteiger partial charge in [0.15, 0.2) is 5.60 Å². The molecular formula is C15H14F3NO5. The lowest BCUT2D eigenvalue weighted by atomic mass is 9.62. The number of nitrogens with one attached hydrogen (secondary N) is 1. The second-order valence-corrected chi connectivity index (χ2v) is 6.14. The number of aliphatic carboxylic acids is 1. The third-order valence-corrected chi connectivity index (χ3v) is 4.43. The Morgan fingerprint density at radius 3 is 2.38 bits per heavy atom. The van der Waals surface area contributed by atoms with Crippen molar-refractivity contribution in [3.63, 3.8) is 0 Å². The zero-order valence-corrected chi connectivity index (χ0v) is 12.4. The number of halogens is 3. The van der Waals surface area contributed by atoms with Crippen molar-refractivity contribution in [3.8, 4) is 0 Å². The maximum absolute atomic E-state index is 12.4. The van der Waals surface area contributed by atoms with Gasteiger partial charge in [-0.3, -0.25) is 14.4 Å². The van der Waals surface area contributed by atoms with E-state index >= 15 is 0 Å². The van der Waals surface area contributed by atoms with Crippen molar-refractivity contribution in [2.45, 2.75) is 31.2 Å². The molecule has 130 valence electrons. The van der Waals surface area contributed by atoms with Crippen molar-refractivity contribution >= 4 is 11.9 Å². The Morgan fingerprint density at radius 1 is 1.25 bits per heavy atom. The summed E-state index contributed by atoms with van der Waals surface area (Å²) >= 11 is 0. The van der Waals surface area contributed by atoms with E-state index in [1.807, 2.05) is 0 Å². The van der Waals surface area contributed by atoms with Crippen LogP contribution in [0.1, 0.15) is 24.0 Å². The van der Waals surface area contributed by atoms with Gasteiger partial charge in [0.1, 0.15) is 0 Å². The predicted molar refractivity (Wildman–Crippen MR) is 72.4 cm³/mol. The highest BCUT2D eigenvalue weighted by molar-refractivity contribution is 5.91. The molecule has 1 aliphatic carbocycles. The number of hydrogen-bond donors (Lipinski definition) is 2. The monoisotopic (exact) mass is 345 g/mol. The molecule has 2 N–H and O–H groups in total. The quantitative estimate of drug-likeness (QED) is 0.796. The Hall–Kier alpha value is -2.13. The average molecular weight is 345 g/mol. The number of carbonyl (C=O) groups excluding carboxylic acids is 1. The number of hydrogen-bond acceptors (Lipinski definition) is 4. The highest BCUT2D eigenvalue weighted by Gasteiger charge is 2.70. The molecule has 1 saturated carbocycles. The van der Waals surface area contributed by atoms with Crippen LogP contribution in [-0.4, -0.2) is 29.2 Å². The molecular weight excluding hydrogens is 331 g/mol. The van der Waals surface area contributed by atoms with Crippen LogP contribution in [0.5, 0.6) is 0 Å². The Balaban J connectivity index is 1.49. The van der Waals surface area contributed by atoms with Crippen molar-refractivity contribution in [3.05, 3.63) is 35.4 Å². The summed E-state index contributed by atoms with van der Waals surface area (Å²) in [7, 11) is 0. The topological polar surface area (TPSA) is 84.9 Å². The first-order valence-corrected chi connectivity index (χ1v) is 7.13. The molecule has 2 heterocycles. The van der Waals surface area contributed by atoms with Crippen LogP contribution in [-0.2, 0) is 31.9 Å². The zero-order valence-electron chi connectivity index (χ0n) is 12.4. The Morgan fingerprint density at radius 2 is 1.88 bits per heavy atom. The van der Waals surface area contributed by atoms with Gasteiger partial charge in [-0.15, -0.1) is 0 Å². The molecule has 4 rings (SSSR count). The van der Waals surface area contributed by atoms with Crippen molar-refractivity contribution in [2.24, 2.45) is 5.41 Å². The van der Waals surface area contributed by atoms with Gasteiger partial charge >= 0.3 is 12.1 Å². The van der Waals surface area contributed by atoms with Gasteiger partial charge in [0.2, 0.25) is 0 Å². The first kappa shape index (κ1) is 16.7. The summed E-state index contributed by atoms with van der Waals surface area (Å²) < 4.78 is 42.6. The lowest BCUT2D eigenvalue weighted by Crippen LogP contribution is -2.57. The van der Waals surface area contributed by atoms with Crippen LogP contribution in [0.3, 0.4) is 0 Å². The summed E-state index contributed by atoms with van der Waals surface area (Å²) in [5, 5.41) is 9.09. The molecule has 24 heavy (non-hydrogen) atoms. The number of ether oxygens (including phenoxy) is 1. The molecule has 1 aromatic carbocycles. The molecule has 1 amide bonds. The van der Waals surface area contributed by atoms with Crippen LogP contribution in [0.4, 0.5) is 13.2 Å². The normalized spacial score (nSPS) is 28.3. The fraction of sp³-hybridized carbons (Fsp3) is 0.467. The van der Waals surface area contributed by atoms with Crippen LogP contribution in [0.2, 0.25) is 0 Å². The molecule has 1 aromatic rings. The first-order valence-electron chi connectivity index (χ1n) is 7.13. The zero-order chi connectivity index (χ0) is 17.6. The molecule has 0 radical (unpaired) electrons. The summed E-state index contributed by atoms with van der Waals surface area (Å²) in [5.41, 5.74) is -0.328. The van der Waals surface area contributed by atoms with Crippen LogP contribution in [0, 0.1) is 5.41 Å². The van der Waals surface area contributed by atoms with Crippen LogP contribution >= 0.6 is 0 Å². The summed E-state index contributed by atoms with van der Waals surface area (Å²) in [6.07, 6.45) is -4.23. The Bertz CT molecular complexity index is 665. The van der Waals surface area contributed by atoms with Crippen LogP contribution < -0.4 is 5.48 Å². The number of benzene rings is 1. The van der Waals surface area contributed by atoms with E-state index in [1.54, 1.807) is 0 Å². The van der Waals surface area contributed by atoms with Gasteiger partial charge < -0.3 is 9.84 Å². The lowest BCUT2D eigenvalue weighted by Gasteiger charge is -2.39. The molecule has 3 fully saturated rings. The second-order valence-electron chi connectivity index (χ2n) is 6.14. The average Bonchev–Trinajstić information content (AvgIpc) is 3.04. The van der Waals surface area contributed by atoms with Gasteiger partial charge in [-0.2, -0.15) is 13.2 Å². The van der Waals surface area contributed by atoms with Gasteiger partial charge in [0.25, 0.3) is 5.91 Å². The number of hydroxylamine groups is 1. The summed E-state index contributed by atoms with van der Waals surface area (Å²) in [6.45, 7) is -0.140. The maximum atomic E-state index is 12.4. The minimum atomic E-state index is -4.41. The van der Waals surface area contributed by atoms with Crippen molar-refractivity contribution in [1.82, 2.24) is 5.48 Å². The van der Waals surface area contributed by atoms with E-state index < -0.39 is 34.6 Å². The van der Waals surface area contributed by atoms with Gasteiger partial charge in [-0.05, 0) is 17.7 Å². The van der Waals surface area contributed by atoms with Gasteiger partial charge in [0.05, 0.1) is 24.2 Å². The number of carboxylic acids is 1. The fourth-order valence-electron chi connectivity index (χ4n) is 3.03. The summed E-state index contributed by atoms with van der Waals surface area (Å²) in [6, 6.07) is 4.34. The van der Waals surface area contributed by atoms with Crippen molar-refractivity contribution in [2.75, 3.05) is 6.61 Å². The third kappa shape index (κ3) is 2.73. The smallest absolute Gasteiger partial charge is 0.416 e. The van der Waals surface area contributed by atoms with Gasteiger partial charge in [-0.25, -0.2) is 5.48 Å². The standard InChI is InChI=1S/C15H14F3NO5/c16-15(17,18)10-3-1-9(2-4-10)5-24-19-11(20)14-6-13(7-14,8-23-14)12(21)22/h1-4H,5-8H2,(H,19,20)(H,21,22). The molecule has 2 saturated heterocycles. The molecule has 2 bridgehead atoms. The van der Waals surface area contributed by atoms with E-state index in [-0.39, 0.29) is 26.1 Å². The number of carbonyl (C=O) groups is 2. The highest BCUT2D eigenvalue weighted by atomic mass is 19.4. The van der Waals surface area contributed by atoms with Crippen molar-refractivity contribution < 1.29 is 37.4 Å². The maximum Gasteiger partial charge on any atom is 0.416 e. The molecule has 9 heteroatoms. The minimum absolute atomic E-state index is 0.0192.